The number of likely N-dealkylation sites (N-methyl/N-ethyl adjacent to an activating group) is 1. The normalized spacial score (nSPS) is 12.9. The number of hydrogen-bond acceptors (Lipinski definition) is 3. The van der Waals surface area contributed by atoms with Crippen LogP contribution in [-0.2, 0) is 9.53 Å². The van der Waals surface area contributed by atoms with Crippen molar-refractivity contribution in [3.63, 3.8) is 0 Å². The van der Waals surface area contributed by atoms with Gasteiger partial charge >= 0.3 is 0 Å². The minimum atomic E-state index is -0.427. The molecule has 2 N–H and O–H groups in total. The van der Waals surface area contributed by atoms with Gasteiger partial charge in [-0.05, 0) is 19.3 Å². The van der Waals surface area contributed by atoms with Crippen LogP contribution in [0.25, 0.3) is 0 Å². The van der Waals surface area contributed by atoms with Gasteiger partial charge in [0, 0.05) is 26.8 Å². The molecule has 0 rings (SSSR count). The van der Waals surface area contributed by atoms with E-state index in [0.717, 1.165) is 13.1 Å². The SMILES string of the molecule is CCN(CC(C)C)C(=O)C(N)CCOC. The fourth-order valence-corrected chi connectivity index (χ4v) is 1.42. The predicted octanol–water partition coefficient (Wildman–Crippen LogP) is 0.855. The van der Waals surface area contributed by atoms with Crippen molar-refractivity contribution in [2.45, 2.75) is 33.2 Å². The van der Waals surface area contributed by atoms with Gasteiger partial charge in [-0.3, -0.25) is 4.79 Å². The van der Waals surface area contributed by atoms with Crippen LogP contribution in [0.1, 0.15) is 27.2 Å². The first-order chi connectivity index (χ1) is 7.02. The summed E-state index contributed by atoms with van der Waals surface area (Å²) in [4.78, 5) is 13.7. The molecule has 15 heavy (non-hydrogen) atoms. The highest BCUT2D eigenvalue weighted by Gasteiger charge is 2.19. The van der Waals surface area contributed by atoms with Crippen LogP contribution in [0.5, 0.6) is 0 Å². The second-order valence-corrected chi connectivity index (χ2v) is 4.16. The third kappa shape index (κ3) is 5.74. The van der Waals surface area contributed by atoms with Crippen LogP contribution in [0, 0.1) is 5.92 Å². The molecular weight excluding hydrogens is 192 g/mol. The van der Waals surface area contributed by atoms with Gasteiger partial charge in [-0.15, -0.1) is 0 Å². The standard InChI is InChI=1S/C11H24N2O2/c1-5-13(8-9(2)3)11(14)10(12)6-7-15-4/h9-10H,5-8,12H2,1-4H3. The molecule has 1 amide bonds. The zero-order chi connectivity index (χ0) is 11.8. The van der Waals surface area contributed by atoms with E-state index >= 15 is 0 Å². The van der Waals surface area contributed by atoms with Crippen LogP contribution in [0.2, 0.25) is 0 Å². The highest BCUT2D eigenvalue weighted by atomic mass is 16.5. The molecule has 0 aromatic carbocycles. The molecule has 0 aliphatic carbocycles. The Morgan fingerprint density at radius 3 is 2.47 bits per heavy atom. The Hall–Kier alpha value is -0.610. The maximum absolute atomic E-state index is 11.9. The van der Waals surface area contributed by atoms with Gasteiger partial charge in [-0.1, -0.05) is 13.8 Å². The Morgan fingerprint density at radius 1 is 1.47 bits per heavy atom. The molecule has 0 fully saturated rings. The second kappa shape index (κ2) is 7.65. The smallest absolute Gasteiger partial charge is 0.239 e. The lowest BCUT2D eigenvalue weighted by Gasteiger charge is -2.25. The summed E-state index contributed by atoms with van der Waals surface area (Å²) in [7, 11) is 1.61. The third-order valence-corrected chi connectivity index (χ3v) is 2.23. The number of methoxy groups -OCH3 is 1. The molecule has 0 aromatic heterocycles. The van der Waals surface area contributed by atoms with Crippen molar-refractivity contribution in [1.82, 2.24) is 4.90 Å². The van der Waals surface area contributed by atoms with Crippen molar-refractivity contribution in [3.8, 4) is 0 Å². The Morgan fingerprint density at radius 2 is 2.07 bits per heavy atom. The van der Waals surface area contributed by atoms with Crippen LogP contribution in [0.15, 0.2) is 0 Å². The summed E-state index contributed by atoms with van der Waals surface area (Å²) in [5.41, 5.74) is 5.78. The fourth-order valence-electron chi connectivity index (χ4n) is 1.42. The number of rotatable bonds is 7. The first-order valence-electron chi connectivity index (χ1n) is 5.56. The molecule has 0 aliphatic rings. The topological polar surface area (TPSA) is 55.6 Å². The third-order valence-electron chi connectivity index (χ3n) is 2.23. The number of nitrogens with two attached hydrogens (primary N) is 1. The molecule has 0 aromatic rings. The number of hydrogen-bond donors (Lipinski definition) is 1. The minimum absolute atomic E-state index is 0.0308. The van der Waals surface area contributed by atoms with Crippen molar-refractivity contribution in [2.75, 3.05) is 26.8 Å². The summed E-state index contributed by atoms with van der Waals surface area (Å²) < 4.78 is 4.91. The Balaban J connectivity index is 4.12. The number of amides is 1. The van der Waals surface area contributed by atoms with Crippen LogP contribution < -0.4 is 5.73 Å². The van der Waals surface area contributed by atoms with E-state index < -0.39 is 6.04 Å². The van der Waals surface area contributed by atoms with Crippen LogP contribution >= 0.6 is 0 Å². The lowest BCUT2D eigenvalue weighted by Crippen LogP contribution is -2.45. The quantitative estimate of drug-likeness (QED) is 0.686. The average Bonchev–Trinajstić information content (AvgIpc) is 2.21. The molecule has 1 unspecified atom stereocenters. The first-order valence-corrected chi connectivity index (χ1v) is 5.56. The zero-order valence-corrected chi connectivity index (χ0v) is 10.3. The Kier molecular flexibility index (Phi) is 7.34. The van der Waals surface area contributed by atoms with Gasteiger partial charge in [-0.2, -0.15) is 0 Å². The summed E-state index contributed by atoms with van der Waals surface area (Å²) in [5.74, 6) is 0.506. The highest BCUT2D eigenvalue weighted by molar-refractivity contribution is 5.81. The van der Waals surface area contributed by atoms with Gasteiger partial charge in [0.2, 0.25) is 5.91 Å². The monoisotopic (exact) mass is 216 g/mol. The summed E-state index contributed by atoms with van der Waals surface area (Å²) in [6.45, 7) is 8.19. The number of carbonyl (C=O) groups is 1. The molecule has 4 heteroatoms. The Bertz CT molecular complexity index is 183. The highest BCUT2D eigenvalue weighted by Crippen LogP contribution is 2.02. The largest absolute Gasteiger partial charge is 0.385 e. The van der Waals surface area contributed by atoms with E-state index in [1.54, 1.807) is 7.11 Å². The fraction of sp³-hybridized carbons (Fsp3) is 0.909. The summed E-state index contributed by atoms with van der Waals surface area (Å²) in [5, 5.41) is 0. The Labute approximate surface area is 92.8 Å². The molecule has 0 bridgehead atoms. The lowest BCUT2D eigenvalue weighted by atomic mass is 10.1. The van der Waals surface area contributed by atoms with Crippen molar-refractivity contribution >= 4 is 5.91 Å². The van der Waals surface area contributed by atoms with Gasteiger partial charge in [0.15, 0.2) is 0 Å². The molecular formula is C11H24N2O2. The van der Waals surface area contributed by atoms with Crippen LogP contribution in [-0.4, -0.2) is 43.7 Å². The van der Waals surface area contributed by atoms with Crippen LogP contribution in [0.3, 0.4) is 0 Å². The first kappa shape index (κ1) is 14.4. The maximum atomic E-state index is 11.9. The lowest BCUT2D eigenvalue weighted by molar-refractivity contribution is -0.133. The molecule has 0 saturated carbocycles. The van der Waals surface area contributed by atoms with E-state index in [-0.39, 0.29) is 5.91 Å². The number of nitrogens with zero attached hydrogens (tertiary/aromatic N) is 1. The number of carbonyl (C=O) groups excluding carboxylic acids is 1. The van der Waals surface area contributed by atoms with Gasteiger partial charge in [0.25, 0.3) is 0 Å². The molecule has 1 atom stereocenters. The molecule has 90 valence electrons. The van der Waals surface area contributed by atoms with E-state index in [2.05, 4.69) is 13.8 Å². The molecule has 0 spiro atoms. The van der Waals surface area contributed by atoms with Crippen molar-refractivity contribution in [1.29, 1.82) is 0 Å². The van der Waals surface area contributed by atoms with E-state index in [0.29, 0.717) is 18.9 Å². The van der Waals surface area contributed by atoms with Crippen LogP contribution in [0.4, 0.5) is 0 Å². The summed E-state index contributed by atoms with van der Waals surface area (Å²) >= 11 is 0. The molecule has 0 saturated heterocycles. The van der Waals surface area contributed by atoms with Gasteiger partial charge < -0.3 is 15.4 Å². The second-order valence-electron chi connectivity index (χ2n) is 4.16. The molecule has 0 radical (unpaired) electrons. The van der Waals surface area contributed by atoms with Gasteiger partial charge in [-0.25, -0.2) is 0 Å². The predicted molar refractivity (Wildman–Crippen MR) is 61.6 cm³/mol. The average molecular weight is 216 g/mol. The van der Waals surface area contributed by atoms with Gasteiger partial charge in [0.05, 0.1) is 6.04 Å². The summed E-state index contributed by atoms with van der Waals surface area (Å²) in [6, 6.07) is -0.427. The van der Waals surface area contributed by atoms with Gasteiger partial charge in [0.1, 0.15) is 0 Å². The number of ether oxygens (including phenoxy) is 1. The van der Waals surface area contributed by atoms with Crippen molar-refractivity contribution in [2.24, 2.45) is 11.7 Å². The molecule has 0 aliphatic heterocycles. The minimum Gasteiger partial charge on any atom is -0.385 e. The molecule has 4 nitrogen and oxygen atoms in total. The maximum Gasteiger partial charge on any atom is 0.239 e. The van der Waals surface area contributed by atoms with E-state index in [1.165, 1.54) is 0 Å². The zero-order valence-electron chi connectivity index (χ0n) is 10.3. The summed E-state index contributed by atoms with van der Waals surface area (Å²) in [6.07, 6.45) is 0.587. The van der Waals surface area contributed by atoms with E-state index in [1.807, 2.05) is 11.8 Å². The van der Waals surface area contributed by atoms with E-state index in [9.17, 15) is 4.79 Å². The van der Waals surface area contributed by atoms with Crippen molar-refractivity contribution < 1.29 is 9.53 Å². The molecule has 0 heterocycles. The van der Waals surface area contributed by atoms with E-state index in [4.69, 9.17) is 10.5 Å². The van der Waals surface area contributed by atoms with Crippen molar-refractivity contribution in [3.05, 3.63) is 0 Å².